The molecule has 1 aliphatic rings. The maximum absolute atomic E-state index is 13.1. The predicted octanol–water partition coefficient (Wildman–Crippen LogP) is 4.45. The maximum atomic E-state index is 13.1. The lowest BCUT2D eigenvalue weighted by atomic mass is 9.93. The predicted molar refractivity (Wildman–Crippen MR) is 131 cm³/mol. The first kappa shape index (κ1) is 25.2. The zero-order chi connectivity index (χ0) is 24.0. The van der Waals surface area contributed by atoms with Crippen LogP contribution < -0.4 is 10.1 Å². The van der Waals surface area contributed by atoms with Gasteiger partial charge in [-0.05, 0) is 55.4 Å². The summed E-state index contributed by atoms with van der Waals surface area (Å²) in [6, 6.07) is 15.3. The van der Waals surface area contributed by atoms with E-state index < -0.39 is 10.0 Å². The van der Waals surface area contributed by atoms with Crippen LogP contribution in [0, 0.1) is 18.8 Å². The van der Waals surface area contributed by atoms with Crippen molar-refractivity contribution in [2.45, 2.75) is 51.8 Å². The number of rotatable bonds is 9. The second kappa shape index (κ2) is 11.2. The van der Waals surface area contributed by atoms with Crippen molar-refractivity contribution in [3.05, 3.63) is 65.2 Å². The summed E-state index contributed by atoms with van der Waals surface area (Å²) in [5.74, 6) is 1.04. The molecule has 1 N–H and O–H groups in total. The number of nitrogens with zero attached hydrogens (tertiary/aromatic N) is 1. The highest BCUT2D eigenvalue weighted by molar-refractivity contribution is 7.88. The molecular formula is C26H36N2O4S. The second-order valence-corrected chi connectivity index (χ2v) is 11.4. The van der Waals surface area contributed by atoms with Crippen LogP contribution in [0.4, 0.5) is 0 Å². The van der Waals surface area contributed by atoms with Crippen molar-refractivity contribution >= 4 is 15.9 Å². The number of carbonyl (C=O) groups is 1. The molecule has 1 heterocycles. The van der Waals surface area contributed by atoms with Crippen LogP contribution in [0.15, 0.2) is 48.5 Å². The minimum atomic E-state index is -3.40. The van der Waals surface area contributed by atoms with E-state index in [1.54, 1.807) is 7.11 Å². The van der Waals surface area contributed by atoms with E-state index in [1.165, 1.54) is 4.31 Å². The monoisotopic (exact) mass is 472 g/mol. The number of piperidine rings is 1. The molecule has 3 rings (SSSR count). The SMILES string of the molecule is COc1ccc([C@@H](CC(C)C)NC(=O)C2CCN(S(=O)(=O)Cc3cccc(C)c3)CC2)cc1. The van der Waals surface area contributed by atoms with Gasteiger partial charge in [0, 0.05) is 19.0 Å². The van der Waals surface area contributed by atoms with Gasteiger partial charge in [0.15, 0.2) is 0 Å². The van der Waals surface area contributed by atoms with Gasteiger partial charge in [-0.25, -0.2) is 12.7 Å². The van der Waals surface area contributed by atoms with E-state index in [4.69, 9.17) is 4.74 Å². The number of hydrogen-bond acceptors (Lipinski definition) is 4. The van der Waals surface area contributed by atoms with Crippen LogP contribution in [-0.2, 0) is 20.6 Å². The fourth-order valence-corrected chi connectivity index (χ4v) is 5.93. The molecule has 0 aromatic heterocycles. The number of carbonyl (C=O) groups excluding carboxylic acids is 1. The van der Waals surface area contributed by atoms with E-state index in [0.29, 0.717) is 31.8 Å². The third-order valence-electron chi connectivity index (χ3n) is 6.19. The van der Waals surface area contributed by atoms with Crippen LogP contribution in [0.3, 0.4) is 0 Å². The molecule has 0 spiro atoms. The number of sulfonamides is 1. The topological polar surface area (TPSA) is 75.7 Å². The van der Waals surface area contributed by atoms with Crippen molar-refractivity contribution in [2.24, 2.45) is 11.8 Å². The normalized spacial score (nSPS) is 16.5. The Morgan fingerprint density at radius 1 is 1.12 bits per heavy atom. The van der Waals surface area contributed by atoms with Crippen LogP contribution in [0.1, 0.15) is 55.8 Å². The molecule has 0 bridgehead atoms. The van der Waals surface area contributed by atoms with E-state index in [2.05, 4.69) is 19.2 Å². The first-order valence-corrected chi connectivity index (χ1v) is 13.3. The lowest BCUT2D eigenvalue weighted by Gasteiger charge is -2.32. The highest BCUT2D eigenvalue weighted by atomic mass is 32.2. The molecule has 0 unspecified atom stereocenters. The number of methoxy groups -OCH3 is 1. The Balaban J connectivity index is 1.59. The fourth-order valence-electron chi connectivity index (χ4n) is 4.38. The molecule has 1 saturated heterocycles. The molecule has 33 heavy (non-hydrogen) atoms. The molecule has 6 nitrogen and oxygen atoms in total. The van der Waals surface area contributed by atoms with E-state index in [-0.39, 0.29) is 23.6 Å². The minimum Gasteiger partial charge on any atom is -0.497 e. The Bertz CT molecular complexity index is 1030. The molecule has 2 aromatic rings. The highest BCUT2D eigenvalue weighted by Gasteiger charge is 2.32. The smallest absolute Gasteiger partial charge is 0.223 e. The Morgan fingerprint density at radius 2 is 1.79 bits per heavy atom. The minimum absolute atomic E-state index is 0.000521. The Kier molecular flexibility index (Phi) is 8.54. The van der Waals surface area contributed by atoms with E-state index >= 15 is 0 Å². The average Bonchev–Trinajstić information content (AvgIpc) is 2.78. The largest absolute Gasteiger partial charge is 0.497 e. The van der Waals surface area contributed by atoms with Gasteiger partial charge >= 0.3 is 0 Å². The summed E-state index contributed by atoms with van der Waals surface area (Å²) in [7, 11) is -1.77. The van der Waals surface area contributed by atoms with E-state index in [9.17, 15) is 13.2 Å². The van der Waals surface area contributed by atoms with Crippen LogP contribution in [0.25, 0.3) is 0 Å². The summed E-state index contributed by atoms with van der Waals surface area (Å²) < 4.78 is 32.6. The third kappa shape index (κ3) is 7.05. The van der Waals surface area contributed by atoms with Crippen molar-refractivity contribution < 1.29 is 17.9 Å². The third-order valence-corrected chi connectivity index (χ3v) is 8.04. The van der Waals surface area contributed by atoms with Crippen molar-refractivity contribution in [3.63, 3.8) is 0 Å². The van der Waals surface area contributed by atoms with Gasteiger partial charge in [-0.2, -0.15) is 0 Å². The molecule has 1 aliphatic heterocycles. The lowest BCUT2D eigenvalue weighted by molar-refractivity contribution is -0.127. The van der Waals surface area contributed by atoms with Gasteiger partial charge in [0.2, 0.25) is 15.9 Å². The van der Waals surface area contributed by atoms with Crippen LogP contribution in [0.5, 0.6) is 5.75 Å². The standard InChI is InChI=1S/C26H36N2O4S/c1-19(2)16-25(22-8-10-24(32-4)11-9-22)27-26(29)23-12-14-28(15-13-23)33(30,31)18-21-7-5-6-20(3)17-21/h5-11,17,19,23,25H,12-16,18H2,1-4H3,(H,27,29)/t25-/m1/s1. The fraction of sp³-hybridized carbons (Fsp3) is 0.500. The number of hydrogen-bond donors (Lipinski definition) is 1. The Morgan fingerprint density at radius 3 is 2.36 bits per heavy atom. The number of nitrogens with one attached hydrogen (secondary N) is 1. The van der Waals surface area contributed by atoms with Gasteiger partial charge in [-0.1, -0.05) is 55.8 Å². The van der Waals surface area contributed by atoms with Gasteiger partial charge in [-0.15, -0.1) is 0 Å². The zero-order valence-corrected chi connectivity index (χ0v) is 20.9. The maximum Gasteiger partial charge on any atom is 0.223 e. The van der Waals surface area contributed by atoms with Crippen molar-refractivity contribution in [1.29, 1.82) is 0 Å². The van der Waals surface area contributed by atoms with Gasteiger partial charge in [-0.3, -0.25) is 4.79 Å². The van der Waals surface area contributed by atoms with E-state index in [0.717, 1.165) is 28.9 Å². The molecule has 1 fully saturated rings. The molecule has 180 valence electrons. The molecule has 0 aliphatic carbocycles. The van der Waals surface area contributed by atoms with Gasteiger partial charge in [0.1, 0.15) is 5.75 Å². The highest BCUT2D eigenvalue weighted by Crippen LogP contribution is 2.27. The Hall–Kier alpha value is -2.38. The summed E-state index contributed by atoms with van der Waals surface area (Å²) in [5.41, 5.74) is 2.90. The number of aryl methyl sites for hydroxylation is 1. The molecule has 7 heteroatoms. The number of amides is 1. The lowest BCUT2D eigenvalue weighted by Crippen LogP contribution is -2.44. The first-order chi connectivity index (χ1) is 15.7. The van der Waals surface area contributed by atoms with Crippen molar-refractivity contribution in [1.82, 2.24) is 9.62 Å². The molecule has 1 amide bonds. The number of ether oxygens (including phenoxy) is 1. The zero-order valence-electron chi connectivity index (χ0n) is 20.1. The van der Waals surface area contributed by atoms with Crippen LogP contribution in [-0.4, -0.2) is 38.8 Å². The summed E-state index contributed by atoms with van der Waals surface area (Å²) in [6.07, 6.45) is 1.91. The molecule has 0 radical (unpaired) electrons. The summed E-state index contributed by atoms with van der Waals surface area (Å²) >= 11 is 0. The molecule has 2 aromatic carbocycles. The second-order valence-electron chi connectivity index (χ2n) is 9.38. The van der Waals surface area contributed by atoms with Gasteiger partial charge in [0.05, 0.1) is 18.9 Å². The van der Waals surface area contributed by atoms with E-state index in [1.807, 2.05) is 55.5 Å². The molecular weight excluding hydrogens is 436 g/mol. The van der Waals surface area contributed by atoms with Gasteiger partial charge < -0.3 is 10.1 Å². The number of benzene rings is 2. The van der Waals surface area contributed by atoms with Crippen molar-refractivity contribution in [3.8, 4) is 5.75 Å². The Labute approximate surface area is 198 Å². The summed E-state index contributed by atoms with van der Waals surface area (Å²) in [4.78, 5) is 13.1. The quantitative estimate of drug-likeness (QED) is 0.585. The summed E-state index contributed by atoms with van der Waals surface area (Å²) in [6.45, 7) is 6.99. The van der Waals surface area contributed by atoms with Crippen LogP contribution >= 0.6 is 0 Å². The van der Waals surface area contributed by atoms with Crippen LogP contribution in [0.2, 0.25) is 0 Å². The molecule has 1 atom stereocenters. The first-order valence-electron chi connectivity index (χ1n) is 11.7. The molecule has 0 saturated carbocycles. The van der Waals surface area contributed by atoms with Crippen molar-refractivity contribution in [2.75, 3.05) is 20.2 Å². The summed E-state index contributed by atoms with van der Waals surface area (Å²) in [5, 5.41) is 3.22. The average molecular weight is 473 g/mol. The van der Waals surface area contributed by atoms with Gasteiger partial charge in [0.25, 0.3) is 0 Å².